The monoisotopic (exact) mass is 657 g/mol. The minimum absolute atomic E-state index is 0.0214. The number of aromatic nitrogens is 2. The fourth-order valence-electron chi connectivity index (χ4n) is 6.22. The number of H-pyrrole nitrogens is 1. The Morgan fingerprint density at radius 2 is 1.60 bits per heavy atom. The highest BCUT2D eigenvalue weighted by molar-refractivity contribution is 7.90. The van der Waals surface area contributed by atoms with Gasteiger partial charge in [0.05, 0.1) is 26.0 Å². The number of benzene rings is 1. The van der Waals surface area contributed by atoms with Gasteiger partial charge in [0.2, 0.25) is 14.2 Å². The van der Waals surface area contributed by atoms with Gasteiger partial charge in [-0.3, -0.25) is 0 Å². The zero-order chi connectivity index (χ0) is 32.9. The zero-order valence-electron chi connectivity index (χ0n) is 27.8. The maximum atomic E-state index is 11.8. The van der Waals surface area contributed by atoms with E-state index in [2.05, 4.69) is 51.5 Å². The molecule has 4 rings (SSSR count). The highest BCUT2D eigenvalue weighted by Crippen LogP contribution is 2.42. The lowest BCUT2D eigenvalue weighted by Crippen LogP contribution is -2.49. The van der Waals surface area contributed by atoms with Gasteiger partial charge in [-0.05, 0) is 59.9 Å². The predicted molar refractivity (Wildman–Crippen MR) is 179 cm³/mol. The van der Waals surface area contributed by atoms with Crippen molar-refractivity contribution in [2.75, 3.05) is 33.1 Å². The van der Waals surface area contributed by atoms with Crippen molar-refractivity contribution in [3.63, 3.8) is 0 Å². The minimum Gasteiger partial charge on any atom is -0.488 e. The van der Waals surface area contributed by atoms with Gasteiger partial charge >= 0.3 is 0 Å². The Kier molecular flexibility index (Phi) is 11.2. The average Bonchev–Trinajstić information content (AvgIpc) is 3.63. The van der Waals surface area contributed by atoms with E-state index in [-0.39, 0.29) is 17.2 Å². The Balaban J connectivity index is 1.52. The molecule has 1 aliphatic rings. The molecule has 1 aliphatic heterocycles. The van der Waals surface area contributed by atoms with Gasteiger partial charge < -0.3 is 28.4 Å². The van der Waals surface area contributed by atoms with E-state index in [1.165, 1.54) is 12.3 Å². The Morgan fingerprint density at radius 1 is 0.933 bits per heavy atom. The first-order valence-corrected chi connectivity index (χ1v) is 19.5. The molecule has 0 bridgehead atoms. The fourth-order valence-corrected chi connectivity index (χ4v) is 12.2. The number of pyridine rings is 1. The molecule has 1 aromatic carbocycles. The summed E-state index contributed by atoms with van der Waals surface area (Å²) in [6.07, 6.45) is 2.17. The van der Waals surface area contributed by atoms with Crippen LogP contribution < -0.4 is 9.47 Å². The second-order valence-electron chi connectivity index (χ2n) is 12.6. The van der Waals surface area contributed by atoms with Gasteiger partial charge in [-0.2, -0.15) is 0 Å². The van der Waals surface area contributed by atoms with Crippen molar-refractivity contribution in [3.8, 4) is 28.5 Å². The van der Waals surface area contributed by atoms with E-state index in [1.54, 1.807) is 19.2 Å². The topological polar surface area (TPSA) is 121 Å². The second-order valence-corrected chi connectivity index (χ2v) is 20.0. The van der Waals surface area contributed by atoms with Crippen molar-refractivity contribution in [2.24, 2.45) is 4.99 Å². The largest absolute Gasteiger partial charge is 0.488 e. The van der Waals surface area contributed by atoms with E-state index in [1.807, 2.05) is 31.2 Å². The van der Waals surface area contributed by atoms with Gasteiger partial charge in [-0.25, -0.2) is 18.4 Å². The van der Waals surface area contributed by atoms with Crippen LogP contribution in [-0.4, -0.2) is 77.9 Å². The van der Waals surface area contributed by atoms with Crippen LogP contribution in [-0.2, 0) is 23.7 Å². The maximum Gasteiger partial charge on any atom is 0.233 e. The van der Waals surface area contributed by atoms with Gasteiger partial charge in [0.15, 0.2) is 14.9 Å². The molecule has 1 N–H and O–H groups in total. The molecule has 10 nitrogen and oxygen atoms in total. The molecule has 0 saturated heterocycles. The molecule has 3 aromatic rings. The maximum absolute atomic E-state index is 11.8. The summed E-state index contributed by atoms with van der Waals surface area (Å²) >= 11 is 0. The van der Waals surface area contributed by atoms with Crippen LogP contribution in [0.3, 0.4) is 0 Å². The summed E-state index contributed by atoms with van der Waals surface area (Å²) in [5.41, 5.74) is 3.91. The smallest absolute Gasteiger partial charge is 0.233 e. The number of sulfone groups is 1. The third-order valence-electron chi connectivity index (χ3n) is 8.11. The normalized spacial score (nSPS) is 16.3. The van der Waals surface area contributed by atoms with Crippen LogP contribution in [0.4, 0.5) is 0 Å². The van der Waals surface area contributed by atoms with Gasteiger partial charge in [-0.1, -0.05) is 41.5 Å². The Labute approximate surface area is 268 Å². The fraction of sp³-hybridized carbons (Fsp3) is 0.515. The molecule has 0 spiro atoms. The van der Waals surface area contributed by atoms with Gasteiger partial charge in [0, 0.05) is 30.7 Å². The molecule has 2 atom stereocenters. The van der Waals surface area contributed by atoms with Crippen LogP contribution in [0.15, 0.2) is 58.7 Å². The molecule has 45 heavy (non-hydrogen) atoms. The summed E-state index contributed by atoms with van der Waals surface area (Å²) in [6.45, 7) is 17.1. The average molecular weight is 658 g/mol. The molecule has 0 fully saturated rings. The number of aromatic amines is 1. The number of nitrogens with one attached hydrogen (secondary N) is 1. The van der Waals surface area contributed by atoms with Crippen LogP contribution in [0.25, 0.3) is 11.3 Å². The first kappa shape index (κ1) is 34.7. The molecule has 2 unspecified atom stereocenters. The molecule has 0 radical (unpaired) electrons. The number of ether oxygens (including phenoxy) is 4. The molecule has 0 aliphatic carbocycles. The molecule has 246 valence electrons. The van der Waals surface area contributed by atoms with E-state index in [9.17, 15) is 8.42 Å². The third-order valence-corrected chi connectivity index (χ3v) is 15.2. The van der Waals surface area contributed by atoms with Gasteiger partial charge in [-0.15, -0.1) is 0 Å². The Morgan fingerprint density at radius 3 is 2.20 bits per heavy atom. The lowest BCUT2D eigenvalue weighted by atomic mass is 10.1. The Bertz CT molecular complexity index is 1550. The number of hydrogen-bond donors (Lipinski definition) is 1. The first-order valence-electron chi connectivity index (χ1n) is 15.4. The molecule has 3 heterocycles. The van der Waals surface area contributed by atoms with E-state index in [4.69, 9.17) is 28.4 Å². The minimum atomic E-state index is -3.42. The summed E-state index contributed by atoms with van der Waals surface area (Å²) in [6, 6.07) is 12.5. The van der Waals surface area contributed by atoms with Crippen LogP contribution in [0.5, 0.6) is 17.2 Å². The highest BCUT2D eigenvalue weighted by Gasteiger charge is 2.45. The van der Waals surface area contributed by atoms with E-state index >= 15 is 0 Å². The van der Waals surface area contributed by atoms with Crippen molar-refractivity contribution in [2.45, 2.75) is 82.3 Å². The highest BCUT2D eigenvalue weighted by atomic mass is 32.2. The first-order chi connectivity index (χ1) is 21.2. The Hall–Kier alpha value is -3.19. The van der Waals surface area contributed by atoms with Crippen molar-refractivity contribution in [1.29, 1.82) is 0 Å². The van der Waals surface area contributed by atoms with Gasteiger partial charge in [0.25, 0.3) is 0 Å². The summed E-state index contributed by atoms with van der Waals surface area (Å²) in [5, 5.41) is -0.0214. The number of methoxy groups -OCH3 is 1. The number of rotatable bonds is 15. The summed E-state index contributed by atoms with van der Waals surface area (Å²) < 4.78 is 54.1. The zero-order valence-corrected chi connectivity index (χ0v) is 29.6. The van der Waals surface area contributed by atoms with E-state index < -0.39 is 18.2 Å². The summed E-state index contributed by atoms with van der Waals surface area (Å²) in [4.78, 5) is 12.2. The standard InChI is InChI=1S/C33H47N3O7SSi/c1-21(2)45(22(3)4,23(5)6)40-20-29-18-35-33(43-29)31-12-11-30(36-31)25-14-27(41-24(7)19-39-8)16-28(15-25)42-26-10-13-32(34-17-26)44(9,37)38/h10-17,21-24,29,36H,18-20H2,1-9H3. The molecule has 0 amide bonds. The molecule has 12 heteroatoms. The number of aliphatic imine (C=N–C) groups is 1. The van der Waals surface area contributed by atoms with Crippen molar-refractivity contribution >= 4 is 24.1 Å². The van der Waals surface area contributed by atoms with Crippen molar-refractivity contribution < 1.29 is 31.8 Å². The molecule has 0 saturated carbocycles. The SMILES string of the molecule is COCC(C)Oc1cc(Oc2ccc(S(C)(=O)=O)nc2)cc(-c2ccc(C3=NCC(CO[Si](C(C)C)(C(C)C)C(C)C)O3)[nH]2)c1. The van der Waals surface area contributed by atoms with E-state index in [0.717, 1.165) is 23.2 Å². The van der Waals surface area contributed by atoms with Crippen molar-refractivity contribution in [1.82, 2.24) is 9.97 Å². The lowest BCUT2D eigenvalue weighted by Gasteiger charge is -2.42. The number of hydrogen-bond acceptors (Lipinski definition) is 9. The molecular weight excluding hydrogens is 611 g/mol. The molecule has 2 aromatic heterocycles. The quantitative estimate of drug-likeness (QED) is 0.173. The van der Waals surface area contributed by atoms with E-state index in [0.29, 0.717) is 59.5 Å². The third kappa shape index (κ3) is 8.35. The van der Waals surface area contributed by atoms with Crippen LogP contribution in [0.2, 0.25) is 16.6 Å². The molecular formula is C33H47N3O7SSi. The van der Waals surface area contributed by atoms with Crippen molar-refractivity contribution in [3.05, 3.63) is 54.4 Å². The lowest BCUT2D eigenvalue weighted by molar-refractivity contribution is 0.0920. The summed E-state index contributed by atoms with van der Waals surface area (Å²) in [5.74, 6) is 2.04. The van der Waals surface area contributed by atoms with Crippen LogP contribution >= 0.6 is 0 Å². The summed E-state index contributed by atoms with van der Waals surface area (Å²) in [7, 11) is -3.80. The predicted octanol–water partition coefficient (Wildman–Crippen LogP) is 7.02. The second kappa shape index (κ2) is 14.5. The van der Waals surface area contributed by atoms with Crippen LogP contribution in [0, 0.1) is 0 Å². The van der Waals surface area contributed by atoms with Gasteiger partial charge in [0.1, 0.15) is 35.2 Å². The van der Waals surface area contributed by atoms with Crippen LogP contribution in [0.1, 0.15) is 54.2 Å². The number of nitrogens with zero attached hydrogens (tertiary/aromatic N) is 2.